The highest BCUT2D eigenvalue weighted by Gasteiger charge is 2.22. The van der Waals surface area contributed by atoms with Crippen LogP contribution < -0.4 is 0 Å². The molecule has 1 unspecified atom stereocenters. The fraction of sp³-hybridized carbons (Fsp3) is 0.333. The Morgan fingerprint density at radius 1 is 1.25 bits per heavy atom. The van der Waals surface area contributed by atoms with E-state index in [1.54, 1.807) is 12.1 Å². The molecule has 0 fully saturated rings. The molecule has 0 saturated heterocycles. The molecule has 0 bridgehead atoms. The summed E-state index contributed by atoms with van der Waals surface area (Å²) in [7, 11) is 0. The number of benzene rings is 1. The molecule has 1 aromatic carbocycles. The Kier molecular flexibility index (Phi) is 4.28. The summed E-state index contributed by atoms with van der Waals surface area (Å²) in [5.74, 6) is 1.75. The van der Waals surface area contributed by atoms with Crippen LogP contribution in [0.3, 0.4) is 0 Å². The normalized spacial score (nSPS) is 12.4. The summed E-state index contributed by atoms with van der Waals surface area (Å²) in [6, 6.07) is 6.84. The van der Waals surface area contributed by atoms with E-state index in [0.717, 1.165) is 28.2 Å². The van der Waals surface area contributed by atoms with Gasteiger partial charge in [0, 0.05) is 22.0 Å². The molecule has 2 aromatic rings. The molecule has 106 valence electrons. The van der Waals surface area contributed by atoms with Crippen molar-refractivity contribution in [1.29, 1.82) is 0 Å². The van der Waals surface area contributed by atoms with Crippen molar-refractivity contribution < 1.29 is 9.34 Å². The van der Waals surface area contributed by atoms with Gasteiger partial charge in [-0.15, -0.1) is 0 Å². The first kappa shape index (κ1) is 14.8. The molecule has 0 aliphatic heterocycles. The first-order chi connectivity index (χ1) is 9.41. The van der Waals surface area contributed by atoms with E-state index in [1.165, 1.54) is 6.07 Å². The minimum atomic E-state index is -0.338. The van der Waals surface area contributed by atoms with Gasteiger partial charge in [0.2, 0.25) is 0 Å². The molecule has 4 nitrogen and oxygen atoms in total. The summed E-state index contributed by atoms with van der Waals surface area (Å²) in [4.78, 5) is 10.7. The summed E-state index contributed by atoms with van der Waals surface area (Å²) < 4.78 is 5.62. The minimum Gasteiger partial charge on any atom is -0.466 e. The van der Waals surface area contributed by atoms with Gasteiger partial charge < -0.3 is 4.42 Å². The van der Waals surface area contributed by atoms with Crippen LogP contribution in [0.15, 0.2) is 28.7 Å². The zero-order valence-corrected chi connectivity index (χ0v) is 13.2. The molecule has 0 radical (unpaired) electrons. The summed E-state index contributed by atoms with van der Waals surface area (Å²) in [5, 5.41) is 11.0. The van der Waals surface area contributed by atoms with Gasteiger partial charge in [0.05, 0.1) is 4.92 Å². The largest absolute Gasteiger partial charge is 0.466 e. The Morgan fingerprint density at radius 2 is 1.90 bits per heavy atom. The molecule has 0 aliphatic carbocycles. The second-order valence-electron chi connectivity index (χ2n) is 4.81. The maximum Gasteiger partial charge on any atom is 0.272 e. The maximum absolute atomic E-state index is 11.0. The highest BCUT2D eigenvalue weighted by Crippen LogP contribution is 2.36. The van der Waals surface area contributed by atoms with E-state index in [9.17, 15) is 10.1 Å². The Hall–Kier alpha value is -1.62. The van der Waals surface area contributed by atoms with Gasteiger partial charge in [-0.1, -0.05) is 34.1 Å². The summed E-state index contributed by atoms with van der Waals surface area (Å²) >= 11 is 3.64. The Bertz CT molecular complexity index is 649. The van der Waals surface area contributed by atoms with Crippen molar-refractivity contribution in [3.05, 3.63) is 62.6 Å². The lowest BCUT2D eigenvalue weighted by molar-refractivity contribution is -0.385. The zero-order chi connectivity index (χ0) is 14.9. The number of rotatable bonds is 4. The van der Waals surface area contributed by atoms with Crippen LogP contribution in [-0.2, 0) is 6.42 Å². The third-order valence-corrected chi connectivity index (χ3v) is 4.30. The molecular formula is C15H16BrNO3. The van der Waals surface area contributed by atoms with Crippen molar-refractivity contribution in [3.63, 3.8) is 0 Å². The lowest BCUT2D eigenvalue weighted by Crippen LogP contribution is -2.01. The molecule has 1 heterocycles. The SMILES string of the molecule is Cc1oc(C)c(C(Br)Cc2ccccc2[N+](=O)[O-])c1C. The molecule has 0 N–H and O–H groups in total. The second-order valence-corrected chi connectivity index (χ2v) is 5.92. The molecule has 2 rings (SSSR count). The summed E-state index contributed by atoms with van der Waals surface area (Å²) in [6.45, 7) is 5.86. The van der Waals surface area contributed by atoms with Crippen LogP contribution in [-0.4, -0.2) is 4.92 Å². The number of furan rings is 1. The van der Waals surface area contributed by atoms with Crippen LogP contribution in [0, 0.1) is 30.9 Å². The lowest BCUT2D eigenvalue weighted by Gasteiger charge is -2.11. The lowest BCUT2D eigenvalue weighted by atomic mass is 10.00. The Morgan fingerprint density at radius 3 is 2.45 bits per heavy atom. The Labute approximate surface area is 126 Å². The third kappa shape index (κ3) is 2.77. The molecule has 0 aliphatic rings. The average Bonchev–Trinajstić information content (AvgIpc) is 2.63. The summed E-state index contributed by atoms with van der Waals surface area (Å²) in [5.41, 5.74) is 3.06. The van der Waals surface area contributed by atoms with Crippen LogP contribution in [0.2, 0.25) is 0 Å². The van der Waals surface area contributed by atoms with Gasteiger partial charge in [-0.2, -0.15) is 0 Å². The van der Waals surface area contributed by atoms with Crippen LogP contribution >= 0.6 is 15.9 Å². The van der Waals surface area contributed by atoms with Crippen LogP contribution in [0.25, 0.3) is 0 Å². The quantitative estimate of drug-likeness (QED) is 0.457. The predicted molar refractivity (Wildman–Crippen MR) is 81.4 cm³/mol. The maximum atomic E-state index is 11.0. The fourth-order valence-corrected chi connectivity index (χ4v) is 3.44. The number of hydrogen-bond acceptors (Lipinski definition) is 3. The number of aryl methyl sites for hydroxylation is 2. The monoisotopic (exact) mass is 337 g/mol. The van der Waals surface area contributed by atoms with Crippen LogP contribution in [0.5, 0.6) is 0 Å². The standard InChI is InChI=1S/C15H16BrNO3/c1-9-10(2)20-11(3)15(9)13(16)8-12-6-4-5-7-14(12)17(18)19/h4-7,13H,8H2,1-3H3. The number of nitro benzene ring substituents is 1. The van der Waals surface area contributed by atoms with Crippen molar-refractivity contribution in [2.24, 2.45) is 0 Å². The van der Waals surface area contributed by atoms with Crippen molar-refractivity contribution >= 4 is 21.6 Å². The molecule has 0 amide bonds. The molecular weight excluding hydrogens is 322 g/mol. The number of hydrogen-bond donors (Lipinski definition) is 0. The van der Waals surface area contributed by atoms with Crippen LogP contribution in [0.4, 0.5) is 5.69 Å². The van der Waals surface area contributed by atoms with Gasteiger partial charge >= 0.3 is 0 Å². The van der Waals surface area contributed by atoms with Crippen molar-refractivity contribution in [1.82, 2.24) is 0 Å². The predicted octanol–water partition coefficient (Wildman–Crippen LogP) is 4.79. The van der Waals surface area contributed by atoms with E-state index >= 15 is 0 Å². The highest BCUT2D eigenvalue weighted by molar-refractivity contribution is 9.09. The smallest absolute Gasteiger partial charge is 0.272 e. The van der Waals surface area contributed by atoms with Gasteiger partial charge in [0.25, 0.3) is 5.69 Å². The van der Waals surface area contributed by atoms with E-state index in [2.05, 4.69) is 15.9 Å². The van der Waals surface area contributed by atoms with E-state index < -0.39 is 0 Å². The van der Waals surface area contributed by atoms with Crippen molar-refractivity contribution in [2.75, 3.05) is 0 Å². The molecule has 1 aromatic heterocycles. The van der Waals surface area contributed by atoms with E-state index in [4.69, 9.17) is 4.42 Å². The van der Waals surface area contributed by atoms with Gasteiger partial charge in [-0.3, -0.25) is 10.1 Å². The van der Waals surface area contributed by atoms with Gasteiger partial charge in [0.15, 0.2) is 0 Å². The van der Waals surface area contributed by atoms with Gasteiger partial charge in [-0.25, -0.2) is 0 Å². The topological polar surface area (TPSA) is 56.3 Å². The first-order valence-electron chi connectivity index (χ1n) is 6.34. The molecule has 0 saturated carbocycles. The van der Waals surface area contributed by atoms with E-state index in [0.29, 0.717) is 6.42 Å². The minimum absolute atomic E-state index is 0.000972. The van der Waals surface area contributed by atoms with Crippen molar-refractivity contribution in [3.8, 4) is 0 Å². The first-order valence-corrected chi connectivity index (χ1v) is 7.26. The van der Waals surface area contributed by atoms with Crippen molar-refractivity contribution in [2.45, 2.75) is 32.0 Å². The number of halogens is 1. The summed E-state index contributed by atoms with van der Waals surface area (Å²) in [6.07, 6.45) is 0.553. The van der Waals surface area contributed by atoms with Gasteiger partial charge in [-0.05, 0) is 32.8 Å². The number of alkyl halides is 1. The Balaban J connectivity index is 2.33. The average molecular weight is 338 g/mol. The third-order valence-electron chi connectivity index (χ3n) is 3.52. The van der Waals surface area contributed by atoms with Gasteiger partial charge in [0.1, 0.15) is 11.5 Å². The molecule has 0 spiro atoms. The molecule has 1 atom stereocenters. The van der Waals surface area contributed by atoms with E-state index in [1.807, 2.05) is 26.8 Å². The second kappa shape index (κ2) is 5.79. The molecule has 5 heteroatoms. The zero-order valence-electron chi connectivity index (χ0n) is 11.6. The van der Waals surface area contributed by atoms with E-state index in [-0.39, 0.29) is 15.4 Å². The highest BCUT2D eigenvalue weighted by atomic mass is 79.9. The fourth-order valence-electron chi connectivity index (χ4n) is 2.43. The number of para-hydroxylation sites is 1. The molecule has 20 heavy (non-hydrogen) atoms. The number of nitro groups is 1. The van der Waals surface area contributed by atoms with Crippen LogP contribution in [0.1, 0.15) is 33.0 Å². The number of nitrogens with zero attached hydrogens (tertiary/aromatic N) is 1.